The first-order valence-electron chi connectivity index (χ1n) is 8.15. The molecule has 2 saturated heterocycles. The summed E-state index contributed by atoms with van der Waals surface area (Å²) in [5.74, 6) is 0.344. The van der Waals surface area contributed by atoms with Crippen LogP contribution in [-0.2, 0) is 11.3 Å². The van der Waals surface area contributed by atoms with Crippen molar-refractivity contribution in [2.75, 3.05) is 31.5 Å². The molecule has 0 aliphatic carbocycles. The second-order valence-electron chi connectivity index (χ2n) is 6.15. The van der Waals surface area contributed by atoms with E-state index in [-0.39, 0.29) is 11.8 Å². The molecular formula is C17H25N3O. The van der Waals surface area contributed by atoms with Crippen LogP contribution in [0.2, 0.25) is 0 Å². The molecule has 0 bridgehead atoms. The van der Waals surface area contributed by atoms with Crippen LogP contribution in [0.5, 0.6) is 0 Å². The maximum absolute atomic E-state index is 12.4. The second-order valence-corrected chi connectivity index (χ2v) is 6.15. The normalized spacial score (nSPS) is 20.6. The molecule has 0 unspecified atom stereocenters. The fourth-order valence-electron chi connectivity index (χ4n) is 3.28. The number of hydrogen-bond donors (Lipinski definition) is 2. The van der Waals surface area contributed by atoms with Gasteiger partial charge in [0.15, 0.2) is 0 Å². The van der Waals surface area contributed by atoms with Crippen LogP contribution in [0.4, 0.5) is 5.69 Å². The Balaban J connectivity index is 1.65. The number of likely N-dealkylation sites (tertiary alicyclic amines) is 1. The third-order valence-electron chi connectivity index (χ3n) is 4.58. The van der Waals surface area contributed by atoms with Gasteiger partial charge in [0, 0.05) is 18.2 Å². The minimum absolute atomic E-state index is 0.158. The highest BCUT2D eigenvalue weighted by Crippen LogP contribution is 2.22. The van der Waals surface area contributed by atoms with Crippen LogP contribution in [-0.4, -0.2) is 37.0 Å². The minimum atomic E-state index is 0.158. The fourth-order valence-corrected chi connectivity index (χ4v) is 3.28. The van der Waals surface area contributed by atoms with Gasteiger partial charge in [0.1, 0.15) is 0 Å². The molecule has 1 aromatic carbocycles. The van der Waals surface area contributed by atoms with Gasteiger partial charge < -0.3 is 10.6 Å². The Morgan fingerprint density at radius 3 is 2.67 bits per heavy atom. The van der Waals surface area contributed by atoms with Gasteiger partial charge in [-0.1, -0.05) is 18.2 Å². The zero-order chi connectivity index (χ0) is 14.5. The lowest BCUT2D eigenvalue weighted by molar-refractivity contribution is -0.120. The number of anilines is 1. The van der Waals surface area contributed by atoms with E-state index in [1.54, 1.807) is 0 Å². The predicted octanol–water partition coefficient (Wildman–Crippen LogP) is 2.22. The smallest absolute Gasteiger partial charge is 0.227 e. The molecule has 2 N–H and O–H groups in total. The number of carbonyl (C=O) groups is 1. The number of para-hydroxylation sites is 1. The van der Waals surface area contributed by atoms with Gasteiger partial charge in [0.05, 0.1) is 0 Å². The van der Waals surface area contributed by atoms with Crippen molar-refractivity contribution < 1.29 is 4.79 Å². The largest absolute Gasteiger partial charge is 0.326 e. The molecule has 4 nitrogen and oxygen atoms in total. The van der Waals surface area contributed by atoms with Crippen molar-refractivity contribution in [3.63, 3.8) is 0 Å². The maximum Gasteiger partial charge on any atom is 0.227 e. The number of rotatable bonds is 4. The summed E-state index contributed by atoms with van der Waals surface area (Å²) < 4.78 is 0. The van der Waals surface area contributed by atoms with Crippen molar-refractivity contribution in [2.24, 2.45) is 5.92 Å². The minimum Gasteiger partial charge on any atom is -0.326 e. The number of nitrogens with one attached hydrogen (secondary N) is 2. The monoisotopic (exact) mass is 287 g/mol. The average Bonchev–Trinajstić information content (AvgIpc) is 3.03. The lowest BCUT2D eigenvalue weighted by Gasteiger charge is -2.23. The number of hydrogen-bond acceptors (Lipinski definition) is 3. The van der Waals surface area contributed by atoms with Crippen LogP contribution in [0.25, 0.3) is 0 Å². The molecule has 4 heteroatoms. The summed E-state index contributed by atoms with van der Waals surface area (Å²) in [6.07, 6.45) is 4.48. The average molecular weight is 287 g/mol. The molecule has 3 rings (SSSR count). The van der Waals surface area contributed by atoms with E-state index in [1.165, 1.54) is 31.5 Å². The molecule has 2 fully saturated rings. The molecule has 0 spiro atoms. The van der Waals surface area contributed by atoms with Crippen molar-refractivity contribution in [3.05, 3.63) is 29.8 Å². The van der Waals surface area contributed by atoms with Gasteiger partial charge in [-0.3, -0.25) is 9.69 Å². The second kappa shape index (κ2) is 7.05. The molecule has 0 atom stereocenters. The molecule has 21 heavy (non-hydrogen) atoms. The zero-order valence-corrected chi connectivity index (χ0v) is 12.6. The zero-order valence-electron chi connectivity index (χ0n) is 12.6. The van der Waals surface area contributed by atoms with Gasteiger partial charge in [0.2, 0.25) is 5.91 Å². The molecule has 114 valence electrons. The molecule has 0 saturated carbocycles. The van der Waals surface area contributed by atoms with Crippen molar-refractivity contribution >= 4 is 11.6 Å². The summed E-state index contributed by atoms with van der Waals surface area (Å²) in [6.45, 7) is 5.21. The van der Waals surface area contributed by atoms with Crippen LogP contribution < -0.4 is 10.6 Å². The number of amides is 1. The van der Waals surface area contributed by atoms with Gasteiger partial charge >= 0.3 is 0 Å². The van der Waals surface area contributed by atoms with Crippen LogP contribution >= 0.6 is 0 Å². The van der Waals surface area contributed by atoms with Crippen molar-refractivity contribution in [3.8, 4) is 0 Å². The molecule has 0 aromatic heterocycles. The van der Waals surface area contributed by atoms with E-state index < -0.39 is 0 Å². The highest BCUT2D eigenvalue weighted by Gasteiger charge is 2.22. The van der Waals surface area contributed by atoms with Crippen LogP contribution in [0.1, 0.15) is 31.2 Å². The van der Waals surface area contributed by atoms with E-state index in [4.69, 9.17) is 0 Å². The number of nitrogens with zero attached hydrogens (tertiary/aromatic N) is 1. The van der Waals surface area contributed by atoms with Gasteiger partial charge in [-0.15, -0.1) is 0 Å². The lowest BCUT2D eigenvalue weighted by Crippen LogP contribution is -2.34. The Morgan fingerprint density at radius 1 is 1.19 bits per heavy atom. The maximum atomic E-state index is 12.4. The summed E-state index contributed by atoms with van der Waals surface area (Å²) in [6, 6.07) is 8.23. The Labute approximate surface area is 126 Å². The van der Waals surface area contributed by atoms with Crippen LogP contribution in [0.3, 0.4) is 0 Å². The topological polar surface area (TPSA) is 44.4 Å². The predicted molar refractivity (Wildman–Crippen MR) is 85.2 cm³/mol. The first kappa shape index (κ1) is 14.5. The first-order valence-corrected chi connectivity index (χ1v) is 8.15. The Hall–Kier alpha value is -1.39. The molecular weight excluding hydrogens is 262 g/mol. The van der Waals surface area contributed by atoms with Crippen molar-refractivity contribution in [2.45, 2.75) is 32.2 Å². The molecule has 1 amide bonds. The number of benzene rings is 1. The highest BCUT2D eigenvalue weighted by molar-refractivity contribution is 5.93. The SMILES string of the molecule is O=C(Nc1ccccc1CN1CCCC1)C1CCNCC1. The summed E-state index contributed by atoms with van der Waals surface area (Å²) in [4.78, 5) is 14.9. The summed E-state index contributed by atoms with van der Waals surface area (Å²) in [5, 5.41) is 6.47. The van der Waals surface area contributed by atoms with E-state index in [9.17, 15) is 4.79 Å². The molecule has 1 aromatic rings. The fraction of sp³-hybridized carbons (Fsp3) is 0.588. The van der Waals surface area contributed by atoms with E-state index in [2.05, 4.69) is 27.7 Å². The lowest BCUT2D eigenvalue weighted by atomic mass is 9.97. The van der Waals surface area contributed by atoms with E-state index in [0.29, 0.717) is 0 Å². The van der Waals surface area contributed by atoms with Gasteiger partial charge in [-0.2, -0.15) is 0 Å². The van der Waals surface area contributed by atoms with Gasteiger partial charge in [-0.25, -0.2) is 0 Å². The van der Waals surface area contributed by atoms with E-state index >= 15 is 0 Å². The van der Waals surface area contributed by atoms with Crippen LogP contribution in [0.15, 0.2) is 24.3 Å². The van der Waals surface area contributed by atoms with Crippen LogP contribution in [0, 0.1) is 5.92 Å². The molecule has 2 aliphatic rings. The van der Waals surface area contributed by atoms with Crippen molar-refractivity contribution in [1.82, 2.24) is 10.2 Å². The van der Waals surface area contributed by atoms with Crippen molar-refractivity contribution in [1.29, 1.82) is 0 Å². The van der Waals surface area contributed by atoms with E-state index in [1.807, 2.05) is 12.1 Å². The third kappa shape index (κ3) is 3.83. The summed E-state index contributed by atoms with van der Waals surface area (Å²) >= 11 is 0. The Morgan fingerprint density at radius 2 is 1.90 bits per heavy atom. The van der Waals surface area contributed by atoms with Gasteiger partial charge in [0.25, 0.3) is 0 Å². The molecule has 0 radical (unpaired) electrons. The Bertz CT molecular complexity index is 477. The Kier molecular flexibility index (Phi) is 4.88. The first-order chi connectivity index (χ1) is 10.3. The van der Waals surface area contributed by atoms with E-state index in [0.717, 1.165) is 38.2 Å². The highest BCUT2D eigenvalue weighted by atomic mass is 16.1. The number of piperidine rings is 1. The third-order valence-corrected chi connectivity index (χ3v) is 4.58. The quantitative estimate of drug-likeness (QED) is 0.892. The number of carbonyl (C=O) groups excluding carboxylic acids is 1. The molecule has 2 heterocycles. The molecule has 2 aliphatic heterocycles. The summed E-state index contributed by atoms with van der Waals surface area (Å²) in [7, 11) is 0. The summed E-state index contributed by atoms with van der Waals surface area (Å²) in [5.41, 5.74) is 2.23. The standard InChI is InChI=1S/C17H25N3O/c21-17(14-7-9-18-10-8-14)19-16-6-2-1-5-15(16)13-20-11-3-4-12-20/h1-2,5-6,14,18H,3-4,7-13H2,(H,19,21). The van der Waals surface area contributed by atoms with Gasteiger partial charge in [-0.05, 0) is 63.5 Å².